The smallest absolute Gasteiger partial charge is 0.308 e. The van der Waals surface area contributed by atoms with E-state index in [0.29, 0.717) is 5.69 Å². The van der Waals surface area contributed by atoms with Crippen LogP contribution >= 0.6 is 0 Å². The van der Waals surface area contributed by atoms with Crippen LogP contribution in [-0.4, -0.2) is 6.03 Å². The molecule has 0 aromatic heterocycles. The molecule has 0 radical (unpaired) electrons. The van der Waals surface area contributed by atoms with Gasteiger partial charge in [-0.05, 0) is 41.5 Å². The quantitative estimate of drug-likeness (QED) is 0.592. The molecule has 0 fully saturated rings. The van der Waals surface area contributed by atoms with Crippen molar-refractivity contribution in [3.63, 3.8) is 0 Å². The average molecular weight is 356 g/mol. The Morgan fingerprint density at radius 1 is 0.692 bits per heavy atom. The van der Waals surface area contributed by atoms with E-state index in [1.165, 1.54) is 12.1 Å². The maximum Gasteiger partial charge on any atom is 0.416 e. The minimum atomic E-state index is -4.46. The highest BCUT2D eigenvalue weighted by molar-refractivity contribution is 5.99. The lowest BCUT2D eigenvalue weighted by Crippen LogP contribution is -2.19. The minimum absolute atomic E-state index is 0.0678. The molecule has 2 amide bonds. The molecule has 0 spiro atoms. The highest BCUT2D eigenvalue weighted by Gasteiger charge is 2.30. The zero-order valence-corrected chi connectivity index (χ0v) is 13.5. The molecule has 26 heavy (non-hydrogen) atoms. The highest BCUT2D eigenvalue weighted by atomic mass is 19.4. The topological polar surface area (TPSA) is 41.1 Å². The maximum absolute atomic E-state index is 12.7. The fourth-order valence-corrected chi connectivity index (χ4v) is 2.44. The fourth-order valence-electron chi connectivity index (χ4n) is 2.44. The van der Waals surface area contributed by atoms with Gasteiger partial charge in [-0.1, -0.05) is 48.5 Å². The maximum atomic E-state index is 12.7. The number of carbonyl (C=O) groups is 1. The number of hydrogen-bond donors (Lipinski definition) is 2. The Morgan fingerprint density at radius 2 is 1.31 bits per heavy atom. The van der Waals surface area contributed by atoms with Crippen molar-refractivity contribution in [2.45, 2.75) is 6.18 Å². The molecule has 0 aliphatic rings. The second-order valence-corrected chi connectivity index (χ2v) is 5.60. The van der Waals surface area contributed by atoms with E-state index in [1.807, 2.05) is 42.5 Å². The van der Waals surface area contributed by atoms with Crippen LogP contribution in [0.4, 0.5) is 29.3 Å². The van der Waals surface area contributed by atoms with E-state index in [-0.39, 0.29) is 5.69 Å². The average Bonchev–Trinajstić information content (AvgIpc) is 2.62. The largest absolute Gasteiger partial charge is 0.416 e. The molecule has 0 heterocycles. The Labute approximate surface area is 148 Å². The molecule has 0 unspecified atom stereocenters. The Morgan fingerprint density at radius 3 is 1.96 bits per heavy atom. The molecule has 132 valence electrons. The fraction of sp³-hybridized carbons (Fsp3) is 0.0500. The van der Waals surface area contributed by atoms with Crippen molar-refractivity contribution in [3.8, 4) is 11.1 Å². The van der Waals surface area contributed by atoms with Crippen LogP contribution in [0.3, 0.4) is 0 Å². The summed E-state index contributed by atoms with van der Waals surface area (Å²) in [7, 11) is 0. The summed E-state index contributed by atoms with van der Waals surface area (Å²) < 4.78 is 38.1. The van der Waals surface area contributed by atoms with Crippen molar-refractivity contribution in [3.05, 3.63) is 84.4 Å². The monoisotopic (exact) mass is 356 g/mol. The summed E-state index contributed by atoms with van der Waals surface area (Å²) in [6.45, 7) is 0. The van der Waals surface area contributed by atoms with Crippen LogP contribution in [0.25, 0.3) is 11.1 Å². The molecular formula is C20H15F3N2O. The first-order valence-corrected chi connectivity index (χ1v) is 7.82. The van der Waals surface area contributed by atoms with Gasteiger partial charge in [0.05, 0.1) is 5.56 Å². The number of alkyl halides is 3. The van der Waals surface area contributed by atoms with Crippen LogP contribution in [0, 0.1) is 0 Å². The van der Waals surface area contributed by atoms with Crippen LogP contribution < -0.4 is 10.6 Å². The van der Waals surface area contributed by atoms with Crippen LogP contribution in [0.15, 0.2) is 78.9 Å². The first-order valence-electron chi connectivity index (χ1n) is 7.82. The molecule has 3 rings (SSSR count). The number of nitrogens with one attached hydrogen (secondary N) is 2. The number of amides is 2. The summed E-state index contributed by atoms with van der Waals surface area (Å²) >= 11 is 0. The summed E-state index contributed by atoms with van der Waals surface area (Å²) in [5.74, 6) is 0. The number of benzene rings is 3. The van der Waals surface area contributed by atoms with Gasteiger partial charge in [-0.2, -0.15) is 13.2 Å². The Balaban J connectivity index is 1.65. The first-order chi connectivity index (χ1) is 12.4. The second-order valence-electron chi connectivity index (χ2n) is 5.60. The number of halogens is 3. The molecule has 3 aromatic rings. The van der Waals surface area contributed by atoms with Crippen LogP contribution in [0.2, 0.25) is 0 Å². The van der Waals surface area contributed by atoms with Crippen molar-refractivity contribution >= 4 is 17.4 Å². The number of rotatable bonds is 3. The van der Waals surface area contributed by atoms with E-state index in [2.05, 4.69) is 10.6 Å². The first kappa shape index (κ1) is 17.5. The SMILES string of the molecule is O=C(Nc1ccc(-c2ccccc2)cc1)Nc1cccc(C(F)(F)F)c1. The molecule has 0 atom stereocenters. The number of anilines is 2. The minimum Gasteiger partial charge on any atom is -0.308 e. The standard InChI is InChI=1S/C20H15F3N2O/c21-20(22,23)16-7-4-8-18(13-16)25-19(26)24-17-11-9-15(10-12-17)14-5-2-1-3-6-14/h1-13H,(H2,24,25,26). The molecule has 0 bridgehead atoms. The van der Waals surface area contributed by atoms with Gasteiger partial charge in [0.1, 0.15) is 0 Å². The predicted octanol–water partition coefficient (Wildman–Crippen LogP) is 6.02. The van der Waals surface area contributed by atoms with E-state index in [1.54, 1.807) is 12.1 Å². The zero-order chi connectivity index (χ0) is 18.6. The van der Waals surface area contributed by atoms with Crippen molar-refractivity contribution in [2.75, 3.05) is 10.6 Å². The van der Waals surface area contributed by atoms with Gasteiger partial charge in [0.15, 0.2) is 0 Å². The van der Waals surface area contributed by atoms with Crippen LogP contribution in [0.1, 0.15) is 5.56 Å². The summed E-state index contributed by atoms with van der Waals surface area (Å²) in [6, 6.07) is 20.8. The third-order valence-corrected chi connectivity index (χ3v) is 3.70. The molecule has 3 nitrogen and oxygen atoms in total. The lowest BCUT2D eigenvalue weighted by atomic mass is 10.1. The molecule has 3 aromatic carbocycles. The molecule has 0 aliphatic heterocycles. The summed E-state index contributed by atoms with van der Waals surface area (Å²) in [5, 5.41) is 5.00. The Bertz CT molecular complexity index is 891. The van der Waals surface area contributed by atoms with Gasteiger partial charge < -0.3 is 10.6 Å². The van der Waals surface area contributed by atoms with Gasteiger partial charge in [0.2, 0.25) is 0 Å². The third kappa shape index (κ3) is 4.42. The summed E-state index contributed by atoms with van der Waals surface area (Å²) in [5.41, 5.74) is 1.83. The van der Waals surface area contributed by atoms with E-state index in [0.717, 1.165) is 23.3 Å². The molecule has 0 saturated carbocycles. The van der Waals surface area contributed by atoms with E-state index in [9.17, 15) is 18.0 Å². The summed E-state index contributed by atoms with van der Waals surface area (Å²) in [6.07, 6.45) is -4.46. The van der Waals surface area contributed by atoms with Gasteiger partial charge in [0.25, 0.3) is 0 Å². The van der Waals surface area contributed by atoms with Crippen molar-refractivity contribution < 1.29 is 18.0 Å². The Hall–Kier alpha value is -3.28. The summed E-state index contributed by atoms with van der Waals surface area (Å²) in [4.78, 5) is 12.0. The predicted molar refractivity (Wildman–Crippen MR) is 96.0 cm³/mol. The lowest BCUT2D eigenvalue weighted by molar-refractivity contribution is -0.137. The number of urea groups is 1. The van der Waals surface area contributed by atoms with Crippen LogP contribution in [-0.2, 0) is 6.18 Å². The molecule has 2 N–H and O–H groups in total. The van der Waals surface area contributed by atoms with E-state index >= 15 is 0 Å². The normalized spacial score (nSPS) is 11.0. The molecule has 0 saturated heterocycles. The molecular weight excluding hydrogens is 341 g/mol. The lowest BCUT2D eigenvalue weighted by Gasteiger charge is -2.11. The van der Waals surface area contributed by atoms with Gasteiger partial charge in [0, 0.05) is 11.4 Å². The highest BCUT2D eigenvalue weighted by Crippen LogP contribution is 2.30. The molecule has 0 aliphatic carbocycles. The molecule has 6 heteroatoms. The van der Waals surface area contributed by atoms with Gasteiger partial charge in [-0.15, -0.1) is 0 Å². The van der Waals surface area contributed by atoms with E-state index in [4.69, 9.17) is 0 Å². The Kier molecular flexibility index (Phi) is 4.93. The van der Waals surface area contributed by atoms with Crippen LogP contribution in [0.5, 0.6) is 0 Å². The van der Waals surface area contributed by atoms with Crippen molar-refractivity contribution in [1.82, 2.24) is 0 Å². The van der Waals surface area contributed by atoms with Gasteiger partial charge in [-0.3, -0.25) is 0 Å². The van der Waals surface area contributed by atoms with Gasteiger partial charge >= 0.3 is 12.2 Å². The van der Waals surface area contributed by atoms with E-state index < -0.39 is 17.8 Å². The van der Waals surface area contributed by atoms with Crippen molar-refractivity contribution in [2.24, 2.45) is 0 Å². The zero-order valence-electron chi connectivity index (χ0n) is 13.5. The number of hydrogen-bond acceptors (Lipinski definition) is 1. The van der Waals surface area contributed by atoms with Crippen molar-refractivity contribution in [1.29, 1.82) is 0 Å². The van der Waals surface area contributed by atoms with Gasteiger partial charge in [-0.25, -0.2) is 4.79 Å². The third-order valence-electron chi connectivity index (χ3n) is 3.70. The second kappa shape index (κ2) is 7.31. The number of carbonyl (C=O) groups excluding carboxylic acids is 1.